The summed E-state index contributed by atoms with van der Waals surface area (Å²) < 4.78 is 0. The highest BCUT2D eigenvalue weighted by atomic mass is 35.5. The van der Waals surface area contributed by atoms with E-state index >= 15 is 0 Å². The minimum absolute atomic E-state index is 0.202. The first-order chi connectivity index (χ1) is 9.52. The molecule has 1 nitrogen and oxygen atoms in total. The van der Waals surface area contributed by atoms with Crippen LogP contribution in [0.3, 0.4) is 0 Å². The molecule has 0 bridgehead atoms. The van der Waals surface area contributed by atoms with Crippen LogP contribution < -0.4 is 5.32 Å². The zero-order valence-corrected chi connectivity index (χ0v) is 13.5. The summed E-state index contributed by atoms with van der Waals surface area (Å²) in [5, 5.41) is 4.81. The lowest BCUT2D eigenvalue weighted by Gasteiger charge is -2.20. The van der Waals surface area contributed by atoms with Crippen molar-refractivity contribution in [3.8, 4) is 0 Å². The fourth-order valence-electron chi connectivity index (χ4n) is 2.52. The van der Waals surface area contributed by atoms with Gasteiger partial charge >= 0.3 is 0 Å². The van der Waals surface area contributed by atoms with E-state index in [1.54, 1.807) is 0 Å². The fourth-order valence-corrected chi connectivity index (χ4v) is 3.07. The molecule has 0 aromatic heterocycles. The second kappa shape index (κ2) is 6.62. The molecule has 3 heteroatoms. The molecule has 2 aromatic rings. The lowest BCUT2D eigenvalue weighted by atomic mass is 9.94. The van der Waals surface area contributed by atoms with E-state index in [2.05, 4.69) is 37.4 Å². The highest BCUT2D eigenvalue weighted by Gasteiger charge is 2.16. The van der Waals surface area contributed by atoms with Crippen LogP contribution in [-0.4, -0.2) is 7.05 Å². The highest BCUT2D eigenvalue weighted by molar-refractivity contribution is 6.36. The van der Waals surface area contributed by atoms with E-state index < -0.39 is 0 Å². The molecule has 1 unspecified atom stereocenters. The third kappa shape index (κ3) is 3.35. The number of halogens is 2. The van der Waals surface area contributed by atoms with Crippen LogP contribution in [0.4, 0.5) is 0 Å². The van der Waals surface area contributed by atoms with E-state index in [-0.39, 0.29) is 6.04 Å². The Balaban J connectivity index is 2.34. The first kappa shape index (κ1) is 15.4. The lowest BCUT2D eigenvalue weighted by Crippen LogP contribution is -2.20. The zero-order valence-electron chi connectivity index (χ0n) is 12.0. The van der Waals surface area contributed by atoms with Crippen LogP contribution in [0.25, 0.3) is 0 Å². The maximum absolute atomic E-state index is 6.27. The van der Waals surface area contributed by atoms with Crippen molar-refractivity contribution in [3.63, 3.8) is 0 Å². The van der Waals surface area contributed by atoms with Gasteiger partial charge in [-0.1, -0.05) is 53.0 Å². The monoisotopic (exact) mass is 307 g/mol. The smallest absolute Gasteiger partial charge is 0.0453 e. The Bertz CT molecular complexity index is 588. The fraction of sp³-hybridized carbons (Fsp3) is 0.294. The van der Waals surface area contributed by atoms with E-state index in [1.807, 2.05) is 25.2 Å². The predicted octanol–water partition coefficient (Wildman–Crippen LogP) is 5.11. The predicted molar refractivity (Wildman–Crippen MR) is 87.9 cm³/mol. The van der Waals surface area contributed by atoms with Gasteiger partial charge in [0.2, 0.25) is 0 Å². The van der Waals surface area contributed by atoms with Gasteiger partial charge in [-0.2, -0.15) is 0 Å². The third-order valence-electron chi connectivity index (χ3n) is 3.62. The number of aryl methyl sites for hydroxylation is 2. The maximum atomic E-state index is 6.27. The average molecular weight is 308 g/mol. The largest absolute Gasteiger partial charge is 0.313 e. The van der Waals surface area contributed by atoms with E-state index in [1.165, 1.54) is 16.7 Å². The molecule has 0 aliphatic heterocycles. The molecular weight excluding hydrogens is 289 g/mol. The van der Waals surface area contributed by atoms with Crippen LogP contribution in [0.1, 0.15) is 28.3 Å². The topological polar surface area (TPSA) is 12.0 Å². The molecule has 2 rings (SSSR count). The van der Waals surface area contributed by atoms with E-state index in [9.17, 15) is 0 Å². The molecule has 1 N–H and O–H groups in total. The first-order valence-corrected chi connectivity index (χ1v) is 7.46. The minimum Gasteiger partial charge on any atom is -0.313 e. The van der Waals surface area contributed by atoms with Gasteiger partial charge in [0.05, 0.1) is 0 Å². The third-order valence-corrected chi connectivity index (χ3v) is 4.33. The molecule has 20 heavy (non-hydrogen) atoms. The summed E-state index contributed by atoms with van der Waals surface area (Å²) in [5.74, 6) is 0. The number of hydrogen-bond acceptors (Lipinski definition) is 1. The van der Waals surface area contributed by atoms with Gasteiger partial charge in [0.15, 0.2) is 0 Å². The van der Waals surface area contributed by atoms with Gasteiger partial charge in [0.1, 0.15) is 0 Å². The standard InChI is InChI=1S/C17H19Cl2N/c1-11-7-8-13(12(2)9-11)17(20-3)10-14-15(18)5-4-6-16(14)19/h4-9,17,20H,10H2,1-3H3. The second-order valence-electron chi connectivity index (χ2n) is 5.11. The van der Waals surface area contributed by atoms with Gasteiger partial charge < -0.3 is 5.32 Å². The number of likely N-dealkylation sites (N-methyl/N-ethyl adjacent to an activating group) is 1. The van der Waals surface area contributed by atoms with E-state index in [4.69, 9.17) is 23.2 Å². The SMILES string of the molecule is CNC(Cc1c(Cl)cccc1Cl)c1ccc(C)cc1C. The van der Waals surface area contributed by atoms with Crippen LogP contribution in [0.2, 0.25) is 10.0 Å². The van der Waals surface area contributed by atoms with Gasteiger partial charge in [-0.3, -0.25) is 0 Å². The second-order valence-corrected chi connectivity index (χ2v) is 5.92. The van der Waals surface area contributed by atoms with Crippen molar-refractivity contribution in [2.24, 2.45) is 0 Å². The Morgan fingerprint density at radius 2 is 1.70 bits per heavy atom. The molecule has 0 radical (unpaired) electrons. The van der Waals surface area contributed by atoms with Gasteiger partial charge in [-0.25, -0.2) is 0 Å². The van der Waals surface area contributed by atoms with Gasteiger partial charge in [0.25, 0.3) is 0 Å². The van der Waals surface area contributed by atoms with Crippen molar-refractivity contribution in [2.45, 2.75) is 26.3 Å². The molecule has 0 spiro atoms. The molecule has 106 valence electrons. The summed E-state index contributed by atoms with van der Waals surface area (Å²) in [5.41, 5.74) is 4.84. The molecule has 0 saturated heterocycles. The summed E-state index contributed by atoms with van der Waals surface area (Å²) in [6.07, 6.45) is 0.777. The van der Waals surface area contributed by atoms with Crippen LogP contribution in [0, 0.1) is 13.8 Å². The molecule has 0 aliphatic carbocycles. The molecule has 0 amide bonds. The average Bonchev–Trinajstić information content (AvgIpc) is 2.40. The summed E-state index contributed by atoms with van der Waals surface area (Å²) in [6.45, 7) is 4.25. The van der Waals surface area contributed by atoms with Crippen molar-refractivity contribution in [1.82, 2.24) is 5.32 Å². The number of rotatable bonds is 4. The zero-order chi connectivity index (χ0) is 14.7. The van der Waals surface area contributed by atoms with Crippen molar-refractivity contribution >= 4 is 23.2 Å². The lowest BCUT2D eigenvalue weighted by molar-refractivity contribution is 0.589. The summed E-state index contributed by atoms with van der Waals surface area (Å²) in [4.78, 5) is 0. The number of benzene rings is 2. The minimum atomic E-state index is 0.202. The van der Waals surface area contributed by atoms with Gasteiger partial charge in [0, 0.05) is 16.1 Å². The molecule has 0 fully saturated rings. The molecule has 2 aromatic carbocycles. The molecule has 0 heterocycles. The van der Waals surface area contributed by atoms with E-state index in [0.29, 0.717) is 0 Å². The summed E-state index contributed by atoms with van der Waals surface area (Å²) in [7, 11) is 1.97. The van der Waals surface area contributed by atoms with Gasteiger partial charge in [-0.05, 0) is 56.1 Å². The van der Waals surface area contributed by atoms with Crippen molar-refractivity contribution in [2.75, 3.05) is 7.05 Å². The van der Waals surface area contributed by atoms with E-state index in [0.717, 1.165) is 22.0 Å². The first-order valence-electron chi connectivity index (χ1n) is 6.70. The highest BCUT2D eigenvalue weighted by Crippen LogP contribution is 2.30. The van der Waals surface area contributed by atoms with Crippen molar-refractivity contribution in [3.05, 3.63) is 68.7 Å². The van der Waals surface area contributed by atoms with Crippen molar-refractivity contribution in [1.29, 1.82) is 0 Å². The Hall–Kier alpha value is -1.02. The summed E-state index contributed by atoms with van der Waals surface area (Å²) >= 11 is 12.5. The Kier molecular flexibility index (Phi) is 5.09. The Labute approximate surface area is 130 Å². The maximum Gasteiger partial charge on any atom is 0.0453 e. The van der Waals surface area contributed by atoms with Crippen LogP contribution in [-0.2, 0) is 6.42 Å². The van der Waals surface area contributed by atoms with Crippen LogP contribution >= 0.6 is 23.2 Å². The van der Waals surface area contributed by atoms with Crippen LogP contribution in [0.15, 0.2) is 36.4 Å². The number of hydrogen-bond donors (Lipinski definition) is 1. The quantitative estimate of drug-likeness (QED) is 0.827. The van der Waals surface area contributed by atoms with Crippen molar-refractivity contribution < 1.29 is 0 Å². The normalized spacial score (nSPS) is 12.4. The summed E-state index contributed by atoms with van der Waals surface area (Å²) in [6, 6.07) is 12.4. The molecule has 1 atom stereocenters. The Morgan fingerprint density at radius 1 is 1.05 bits per heavy atom. The molecular formula is C17H19Cl2N. The molecule has 0 aliphatic rings. The number of nitrogens with one attached hydrogen (secondary N) is 1. The van der Waals surface area contributed by atoms with Gasteiger partial charge in [-0.15, -0.1) is 0 Å². The molecule has 0 saturated carbocycles. The van der Waals surface area contributed by atoms with Crippen LogP contribution in [0.5, 0.6) is 0 Å². The Morgan fingerprint density at radius 3 is 2.25 bits per heavy atom.